The van der Waals surface area contributed by atoms with Crippen LogP contribution in [0.2, 0.25) is 0 Å². The maximum Gasteiger partial charge on any atom is 0.313 e. The summed E-state index contributed by atoms with van der Waals surface area (Å²) in [6.45, 7) is 4.02. The van der Waals surface area contributed by atoms with Crippen molar-refractivity contribution in [3.05, 3.63) is 12.3 Å². The Labute approximate surface area is 107 Å². The van der Waals surface area contributed by atoms with E-state index in [2.05, 4.69) is 20.6 Å². The fourth-order valence-corrected chi connectivity index (χ4v) is 1.87. The van der Waals surface area contributed by atoms with Crippen molar-refractivity contribution >= 4 is 17.7 Å². The van der Waals surface area contributed by atoms with Crippen molar-refractivity contribution in [2.75, 3.05) is 5.75 Å². The van der Waals surface area contributed by atoms with Crippen LogP contribution in [-0.4, -0.2) is 46.8 Å². The van der Waals surface area contributed by atoms with Crippen LogP contribution in [0.15, 0.2) is 17.4 Å². The van der Waals surface area contributed by atoms with Gasteiger partial charge in [-0.15, -0.1) is 5.10 Å². The van der Waals surface area contributed by atoms with E-state index in [-0.39, 0.29) is 11.8 Å². The predicted molar refractivity (Wildman–Crippen MR) is 63.7 cm³/mol. The standard InChI is InChI=1S/C9H12N6O2S/c1-6(2)14-4-3-7(11-14)15-9(10-12-13-15)18-5-8(16)17/h3-4,6H,5H2,1-2H3,(H,16,17). The van der Waals surface area contributed by atoms with Gasteiger partial charge >= 0.3 is 5.97 Å². The van der Waals surface area contributed by atoms with Crippen LogP contribution in [0.1, 0.15) is 19.9 Å². The molecule has 0 fully saturated rings. The molecular weight excluding hydrogens is 256 g/mol. The summed E-state index contributed by atoms with van der Waals surface area (Å²) in [7, 11) is 0. The number of aromatic nitrogens is 6. The maximum absolute atomic E-state index is 10.5. The van der Waals surface area contributed by atoms with Crippen molar-refractivity contribution in [1.82, 2.24) is 30.0 Å². The topological polar surface area (TPSA) is 98.7 Å². The first-order chi connectivity index (χ1) is 8.58. The number of tetrazole rings is 1. The molecule has 0 amide bonds. The van der Waals surface area contributed by atoms with E-state index in [1.54, 1.807) is 10.7 Å². The summed E-state index contributed by atoms with van der Waals surface area (Å²) in [6.07, 6.45) is 1.83. The molecule has 2 aromatic heterocycles. The minimum Gasteiger partial charge on any atom is -0.481 e. The molecule has 2 heterocycles. The summed E-state index contributed by atoms with van der Waals surface area (Å²) in [6, 6.07) is 2.02. The van der Waals surface area contributed by atoms with Gasteiger partial charge in [-0.1, -0.05) is 11.8 Å². The Bertz CT molecular complexity index is 549. The van der Waals surface area contributed by atoms with E-state index in [1.165, 1.54) is 4.68 Å². The summed E-state index contributed by atoms with van der Waals surface area (Å²) in [5.41, 5.74) is 0. The number of hydrogen-bond acceptors (Lipinski definition) is 6. The molecule has 0 spiro atoms. The number of carboxylic acid groups (broad SMARTS) is 1. The van der Waals surface area contributed by atoms with Crippen LogP contribution >= 0.6 is 11.8 Å². The summed E-state index contributed by atoms with van der Waals surface area (Å²) in [5.74, 6) is -0.436. The Hall–Kier alpha value is -1.90. The molecular formula is C9H12N6O2S. The van der Waals surface area contributed by atoms with Crippen molar-refractivity contribution < 1.29 is 9.90 Å². The molecule has 0 atom stereocenters. The fraction of sp³-hybridized carbons (Fsp3) is 0.444. The highest BCUT2D eigenvalue weighted by Crippen LogP contribution is 2.17. The molecule has 0 radical (unpaired) electrons. The van der Waals surface area contributed by atoms with Crippen LogP contribution in [0.5, 0.6) is 0 Å². The van der Waals surface area contributed by atoms with Gasteiger partial charge in [0.25, 0.3) is 0 Å². The zero-order chi connectivity index (χ0) is 13.1. The lowest BCUT2D eigenvalue weighted by molar-refractivity contribution is -0.133. The largest absolute Gasteiger partial charge is 0.481 e. The van der Waals surface area contributed by atoms with E-state index in [0.717, 1.165) is 11.8 Å². The first kappa shape index (κ1) is 12.6. The van der Waals surface area contributed by atoms with Crippen LogP contribution in [0.4, 0.5) is 0 Å². The van der Waals surface area contributed by atoms with Gasteiger partial charge in [0.05, 0.1) is 5.75 Å². The maximum atomic E-state index is 10.5. The predicted octanol–water partition coefficient (Wildman–Crippen LogP) is 0.616. The zero-order valence-corrected chi connectivity index (χ0v) is 10.7. The van der Waals surface area contributed by atoms with E-state index in [1.807, 2.05) is 20.0 Å². The van der Waals surface area contributed by atoms with E-state index in [4.69, 9.17) is 5.11 Å². The molecule has 96 valence electrons. The van der Waals surface area contributed by atoms with Crippen LogP contribution in [-0.2, 0) is 4.79 Å². The Morgan fingerprint density at radius 1 is 1.56 bits per heavy atom. The fourth-order valence-electron chi connectivity index (χ4n) is 1.27. The first-order valence-electron chi connectivity index (χ1n) is 5.26. The molecule has 18 heavy (non-hydrogen) atoms. The summed E-state index contributed by atoms with van der Waals surface area (Å²) >= 11 is 1.05. The van der Waals surface area contributed by atoms with Gasteiger partial charge in [-0.3, -0.25) is 9.48 Å². The van der Waals surface area contributed by atoms with Crippen LogP contribution in [0, 0.1) is 0 Å². The van der Waals surface area contributed by atoms with Gasteiger partial charge in [0, 0.05) is 18.3 Å². The number of thioether (sulfide) groups is 1. The molecule has 2 rings (SSSR count). The minimum atomic E-state index is -0.915. The van der Waals surface area contributed by atoms with Crippen molar-refractivity contribution in [2.24, 2.45) is 0 Å². The molecule has 1 N–H and O–H groups in total. The highest BCUT2D eigenvalue weighted by atomic mass is 32.2. The van der Waals surface area contributed by atoms with Gasteiger partial charge in [-0.05, 0) is 24.3 Å². The zero-order valence-electron chi connectivity index (χ0n) is 9.89. The van der Waals surface area contributed by atoms with E-state index >= 15 is 0 Å². The monoisotopic (exact) mass is 268 g/mol. The van der Waals surface area contributed by atoms with Crippen molar-refractivity contribution in [3.8, 4) is 5.82 Å². The smallest absolute Gasteiger partial charge is 0.313 e. The molecule has 0 aliphatic heterocycles. The summed E-state index contributed by atoms with van der Waals surface area (Å²) in [4.78, 5) is 10.5. The molecule has 0 saturated carbocycles. The Kier molecular flexibility index (Phi) is 3.60. The Morgan fingerprint density at radius 3 is 2.94 bits per heavy atom. The third-order valence-corrected chi connectivity index (χ3v) is 3.01. The van der Waals surface area contributed by atoms with Gasteiger partial charge in [-0.25, -0.2) is 0 Å². The number of aliphatic carboxylic acids is 1. The molecule has 8 nitrogen and oxygen atoms in total. The second-order valence-electron chi connectivity index (χ2n) is 3.80. The number of hydrogen-bond donors (Lipinski definition) is 1. The quantitative estimate of drug-likeness (QED) is 0.793. The van der Waals surface area contributed by atoms with Crippen LogP contribution in [0.25, 0.3) is 5.82 Å². The van der Waals surface area contributed by atoms with Crippen molar-refractivity contribution in [1.29, 1.82) is 0 Å². The lowest BCUT2D eigenvalue weighted by atomic mass is 10.4. The van der Waals surface area contributed by atoms with Crippen molar-refractivity contribution in [2.45, 2.75) is 25.0 Å². The number of nitrogens with zero attached hydrogens (tertiary/aromatic N) is 6. The van der Waals surface area contributed by atoms with E-state index in [0.29, 0.717) is 11.0 Å². The van der Waals surface area contributed by atoms with Crippen LogP contribution in [0.3, 0.4) is 0 Å². The molecule has 0 bridgehead atoms. The average Bonchev–Trinajstić information content (AvgIpc) is 2.94. The molecule has 0 saturated heterocycles. The molecule has 0 aliphatic rings. The highest BCUT2D eigenvalue weighted by Gasteiger charge is 2.13. The Morgan fingerprint density at radius 2 is 2.33 bits per heavy atom. The molecule has 0 unspecified atom stereocenters. The Balaban J connectivity index is 2.21. The molecule has 2 aromatic rings. The van der Waals surface area contributed by atoms with Gasteiger partial charge in [-0.2, -0.15) is 9.78 Å². The van der Waals surface area contributed by atoms with Gasteiger partial charge in [0.15, 0.2) is 5.82 Å². The van der Waals surface area contributed by atoms with Gasteiger partial charge < -0.3 is 5.11 Å². The second-order valence-corrected chi connectivity index (χ2v) is 4.75. The number of carboxylic acids is 1. The summed E-state index contributed by atoms with van der Waals surface area (Å²) < 4.78 is 3.20. The lowest BCUT2D eigenvalue weighted by Crippen LogP contribution is -2.06. The number of rotatable bonds is 5. The molecule has 0 aliphatic carbocycles. The van der Waals surface area contributed by atoms with Crippen LogP contribution < -0.4 is 0 Å². The normalized spacial score (nSPS) is 11.1. The summed E-state index contributed by atoms with van der Waals surface area (Å²) in [5, 5.41) is 24.5. The highest BCUT2D eigenvalue weighted by molar-refractivity contribution is 7.99. The van der Waals surface area contributed by atoms with E-state index in [9.17, 15) is 4.79 Å². The third kappa shape index (κ3) is 2.67. The third-order valence-electron chi connectivity index (χ3n) is 2.11. The molecule has 9 heteroatoms. The first-order valence-corrected chi connectivity index (χ1v) is 6.25. The van der Waals surface area contributed by atoms with E-state index < -0.39 is 5.97 Å². The second kappa shape index (κ2) is 5.17. The van der Waals surface area contributed by atoms with Crippen molar-refractivity contribution in [3.63, 3.8) is 0 Å². The minimum absolute atomic E-state index is 0.0920. The van der Waals surface area contributed by atoms with Gasteiger partial charge in [0.1, 0.15) is 0 Å². The average molecular weight is 268 g/mol. The number of carbonyl (C=O) groups is 1. The molecule has 0 aromatic carbocycles. The van der Waals surface area contributed by atoms with Gasteiger partial charge in [0.2, 0.25) is 5.16 Å². The SMILES string of the molecule is CC(C)n1ccc(-n2nnnc2SCC(=O)O)n1. The lowest BCUT2D eigenvalue weighted by Gasteiger charge is -2.03.